The van der Waals surface area contributed by atoms with Gasteiger partial charge in [0.25, 0.3) is 0 Å². The molecule has 2 amide bonds. The number of hydrogen-bond donors (Lipinski definition) is 1. The number of anilines is 1. The van der Waals surface area contributed by atoms with Crippen molar-refractivity contribution in [1.82, 2.24) is 10.1 Å². The number of benzene rings is 1. The van der Waals surface area contributed by atoms with Crippen molar-refractivity contribution in [1.29, 1.82) is 0 Å². The average Bonchev–Trinajstić information content (AvgIpc) is 2.94. The van der Waals surface area contributed by atoms with Crippen LogP contribution in [0.25, 0.3) is 11.1 Å². The molecule has 1 aliphatic heterocycles. The van der Waals surface area contributed by atoms with E-state index in [4.69, 9.17) is 4.52 Å². The maximum atomic E-state index is 12.4. The van der Waals surface area contributed by atoms with Crippen LogP contribution >= 0.6 is 0 Å². The van der Waals surface area contributed by atoms with Crippen LogP contribution in [0, 0.1) is 19.8 Å². The lowest BCUT2D eigenvalue weighted by atomic mass is 9.95. The Hall–Kier alpha value is -2.63. The number of piperidine rings is 1. The fourth-order valence-electron chi connectivity index (χ4n) is 3.32. The highest BCUT2D eigenvalue weighted by Gasteiger charge is 2.26. The zero-order chi connectivity index (χ0) is 18.0. The largest absolute Gasteiger partial charge is 0.361 e. The summed E-state index contributed by atoms with van der Waals surface area (Å²) < 4.78 is 5.20. The number of carbonyl (C=O) groups excluding carboxylic acids is 2. The molecule has 132 valence electrons. The first-order chi connectivity index (χ1) is 12.0. The molecule has 6 nitrogen and oxygen atoms in total. The highest BCUT2D eigenvalue weighted by atomic mass is 16.5. The third kappa shape index (κ3) is 3.73. The summed E-state index contributed by atoms with van der Waals surface area (Å²) >= 11 is 0. The molecule has 0 aliphatic carbocycles. The van der Waals surface area contributed by atoms with E-state index in [2.05, 4.69) is 10.5 Å². The van der Waals surface area contributed by atoms with Crippen LogP contribution in [0.1, 0.15) is 31.2 Å². The number of amides is 2. The van der Waals surface area contributed by atoms with Crippen LogP contribution in [0.3, 0.4) is 0 Å². The van der Waals surface area contributed by atoms with Crippen LogP contribution in [0.4, 0.5) is 5.69 Å². The Morgan fingerprint density at radius 1 is 1.16 bits per heavy atom. The molecule has 0 radical (unpaired) electrons. The Morgan fingerprint density at radius 2 is 1.80 bits per heavy atom. The Labute approximate surface area is 147 Å². The van der Waals surface area contributed by atoms with E-state index in [9.17, 15) is 9.59 Å². The topological polar surface area (TPSA) is 75.4 Å². The first-order valence-electron chi connectivity index (χ1n) is 8.55. The molecular weight excluding hydrogens is 318 g/mol. The van der Waals surface area contributed by atoms with Crippen molar-refractivity contribution in [2.75, 3.05) is 18.4 Å². The molecule has 1 N–H and O–H groups in total. The van der Waals surface area contributed by atoms with E-state index in [0.29, 0.717) is 25.9 Å². The van der Waals surface area contributed by atoms with Gasteiger partial charge in [-0.15, -0.1) is 0 Å². The predicted octanol–water partition coefficient (Wildman–Crippen LogP) is 3.16. The summed E-state index contributed by atoms with van der Waals surface area (Å²) in [5.74, 6) is 0.839. The lowest BCUT2D eigenvalue weighted by molar-refractivity contribution is -0.132. The maximum absolute atomic E-state index is 12.4. The van der Waals surface area contributed by atoms with Crippen LogP contribution in [-0.2, 0) is 9.59 Å². The molecular formula is C19H23N3O3. The Morgan fingerprint density at radius 3 is 2.32 bits per heavy atom. The minimum Gasteiger partial charge on any atom is -0.361 e. The summed E-state index contributed by atoms with van der Waals surface area (Å²) in [7, 11) is 0. The number of nitrogens with zero attached hydrogens (tertiary/aromatic N) is 2. The van der Waals surface area contributed by atoms with Crippen LogP contribution in [0.5, 0.6) is 0 Å². The van der Waals surface area contributed by atoms with Crippen LogP contribution < -0.4 is 5.32 Å². The molecule has 0 bridgehead atoms. The lowest BCUT2D eigenvalue weighted by Gasteiger charge is -2.30. The monoisotopic (exact) mass is 341 g/mol. The van der Waals surface area contributed by atoms with Crippen molar-refractivity contribution >= 4 is 17.5 Å². The van der Waals surface area contributed by atoms with Gasteiger partial charge in [-0.1, -0.05) is 17.3 Å². The highest BCUT2D eigenvalue weighted by Crippen LogP contribution is 2.28. The van der Waals surface area contributed by atoms with Gasteiger partial charge in [-0.3, -0.25) is 9.59 Å². The Bertz CT molecular complexity index is 752. The van der Waals surface area contributed by atoms with Crippen LogP contribution in [-0.4, -0.2) is 35.0 Å². The van der Waals surface area contributed by atoms with Gasteiger partial charge in [-0.05, 0) is 44.4 Å². The molecule has 1 aromatic carbocycles. The molecule has 0 spiro atoms. The van der Waals surface area contributed by atoms with Gasteiger partial charge in [0.05, 0.1) is 5.69 Å². The number of aromatic nitrogens is 1. The number of hydrogen-bond acceptors (Lipinski definition) is 4. The van der Waals surface area contributed by atoms with Crippen LogP contribution in [0.15, 0.2) is 28.8 Å². The normalized spacial score (nSPS) is 15.2. The number of nitrogens with one attached hydrogen (secondary N) is 1. The highest BCUT2D eigenvalue weighted by molar-refractivity contribution is 5.93. The molecule has 1 saturated heterocycles. The van der Waals surface area contributed by atoms with E-state index < -0.39 is 0 Å². The Balaban J connectivity index is 1.62. The third-order valence-corrected chi connectivity index (χ3v) is 4.79. The van der Waals surface area contributed by atoms with E-state index in [0.717, 1.165) is 28.3 Å². The molecule has 0 unspecified atom stereocenters. The summed E-state index contributed by atoms with van der Waals surface area (Å²) in [6, 6.07) is 7.70. The smallest absolute Gasteiger partial charge is 0.227 e. The van der Waals surface area contributed by atoms with Gasteiger partial charge in [-0.2, -0.15) is 0 Å². The minimum absolute atomic E-state index is 0.0216. The van der Waals surface area contributed by atoms with E-state index in [1.807, 2.05) is 38.1 Å². The number of likely N-dealkylation sites (tertiary alicyclic amines) is 1. The van der Waals surface area contributed by atoms with Gasteiger partial charge >= 0.3 is 0 Å². The van der Waals surface area contributed by atoms with Crippen LogP contribution in [0.2, 0.25) is 0 Å². The molecule has 0 saturated carbocycles. The molecule has 6 heteroatoms. The maximum Gasteiger partial charge on any atom is 0.227 e. The van der Waals surface area contributed by atoms with E-state index in [-0.39, 0.29) is 17.7 Å². The van der Waals surface area contributed by atoms with Crippen molar-refractivity contribution in [3.63, 3.8) is 0 Å². The van der Waals surface area contributed by atoms with E-state index in [1.54, 1.807) is 11.8 Å². The van der Waals surface area contributed by atoms with Crippen molar-refractivity contribution in [3.8, 4) is 11.1 Å². The minimum atomic E-state index is -0.0437. The molecule has 0 atom stereocenters. The first-order valence-corrected chi connectivity index (χ1v) is 8.55. The van der Waals surface area contributed by atoms with Crippen molar-refractivity contribution in [2.24, 2.45) is 5.92 Å². The van der Waals surface area contributed by atoms with Gasteiger partial charge in [0.1, 0.15) is 5.76 Å². The number of aryl methyl sites for hydroxylation is 2. The SMILES string of the molecule is CC(=O)N1CCC(C(=O)Nc2ccc(-c3c(C)noc3C)cc2)CC1. The van der Waals surface area contributed by atoms with Crippen molar-refractivity contribution in [3.05, 3.63) is 35.7 Å². The average molecular weight is 341 g/mol. The summed E-state index contributed by atoms with van der Waals surface area (Å²) in [6.45, 7) is 6.67. The molecule has 1 aliphatic rings. The standard InChI is InChI=1S/C19H23N3O3/c1-12-18(13(2)25-21-12)15-4-6-17(7-5-15)20-19(24)16-8-10-22(11-9-16)14(3)23/h4-7,16H,8-11H2,1-3H3,(H,20,24). The second kappa shape index (κ2) is 7.09. The predicted molar refractivity (Wildman–Crippen MR) is 95.0 cm³/mol. The first kappa shape index (κ1) is 17.2. The van der Waals surface area contributed by atoms with Gasteiger partial charge in [0.15, 0.2) is 0 Å². The lowest BCUT2D eigenvalue weighted by Crippen LogP contribution is -2.40. The van der Waals surface area contributed by atoms with E-state index >= 15 is 0 Å². The molecule has 1 fully saturated rings. The quantitative estimate of drug-likeness (QED) is 0.930. The number of rotatable bonds is 3. The second-order valence-electron chi connectivity index (χ2n) is 6.55. The fraction of sp³-hybridized carbons (Fsp3) is 0.421. The van der Waals surface area contributed by atoms with Gasteiger partial charge in [0, 0.05) is 37.2 Å². The fourth-order valence-corrected chi connectivity index (χ4v) is 3.32. The van der Waals surface area contributed by atoms with Crippen molar-refractivity contribution < 1.29 is 14.1 Å². The van der Waals surface area contributed by atoms with Gasteiger partial charge in [-0.25, -0.2) is 0 Å². The molecule has 1 aromatic heterocycles. The molecule has 2 aromatic rings. The zero-order valence-corrected chi connectivity index (χ0v) is 14.8. The summed E-state index contributed by atoms with van der Waals surface area (Å²) in [4.78, 5) is 25.6. The van der Waals surface area contributed by atoms with Crippen molar-refractivity contribution in [2.45, 2.75) is 33.6 Å². The summed E-state index contributed by atoms with van der Waals surface area (Å²) in [5, 5.41) is 6.95. The molecule has 3 rings (SSSR count). The summed E-state index contributed by atoms with van der Waals surface area (Å²) in [6.07, 6.45) is 1.42. The van der Waals surface area contributed by atoms with Gasteiger partial charge in [0.2, 0.25) is 11.8 Å². The Kier molecular flexibility index (Phi) is 4.88. The number of carbonyl (C=O) groups is 2. The summed E-state index contributed by atoms with van der Waals surface area (Å²) in [5.41, 5.74) is 3.64. The van der Waals surface area contributed by atoms with Gasteiger partial charge < -0.3 is 14.7 Å². The van der Waals surface area contributed by atoms with E-state index in [1.165, 1.54) is 0 Å². The molecule has 25 heavy (non-hydrogen) atoms. The zero-order valence-electron chi connectivity index (χ0n) is 14.8. The molecule has 2 heterocycles. The second-order valence-corrected chi connectivity index (χ2v) is 6.55. The third-order valence-electron chi connectivity index (χ3n) is 4.79.